The van der Waals surface area contributed by atoms with Gasteiger partial charge in [-0.1, -0.05) is 78.7 Å². The average molecular weight is 518 g/mol. The lowest BCUT2D eigenvalue weighted by Crippen LogP contribution is -2.32. The molecule has 1 saturated carbocycles. The van der Waals surface area contributed by atoms with Crippen LogP contribution in [0.5, 0.6) is 0 Å². The van der Waals surface area contributed by atoms with Gasteiger partial charge in [-0.15, -0.1) is 0 Å². The van der Waals surface area contributed by atoms with Gasteiger partial charge in [0.1, 0.15) is 0 Å². The summed E-state index contributed by atoms with van der Waals surface area (Å²) in [5, 5.41) is 4.98. The minimum atomic E-state index is -0.103. The minimum Gasteiger partial charge on any atom is -0.349 e. The summed E-state index contributed by atoms with van der Waals surface area (Å²) >= 11 is 7.55. The van der Waals surface area contributed by atoms with E-state index in [-0.39, 0.29) is 17.5 Å². The Balaban J connectivity index is 1.46. The Hall–Kier alpha value is -3.09. The van der Waals surface area contributed by atoms with Crippen LogP contribution in [0.2, 0.25) is 5.02 Å². The lowest BCUT2D eigenvalue weighted by atomic mass is 10.1. The van der Waals surface area contributed by atoms with Gasteiger partial charge in [-0.25, -0.2) is 4.98 Å². The van der Waals surface area contributed by atoms with E-state index in [4.69, 9.17) is 16.6 Å². The Morgan fingerprint density at radius 3 is 2.50 bits per heavy atom. The maximum atomic E-state index is 13.6. The fourth-order valence-electron chi connectivity index (χ4n) is 4.60. The summed E-state index contributed by atoms with van der Waals surface area (Å²) in [6.07, 6.45) is 5.08. The zero-order chi connectivity index (χ0) is 24.9. The molecule has 0 saturated heterocycles. The Morgan fingerprint density at radius 2 is 1.75 bits per heavy atom. The number of thioether (sulfide) groups is 1. The molecule has 1 aliphatic rings. The van der Waals surface area contributed by atoms with E-state index in [2.05, 4.69) is 17.4 Å². The number of carbonyl (C=O) groups is 1. The molecule has 1 aromatic heterocycles. The number of carbonyl (C=O) groups excluding carboxylic acids is 1. The summed E-state index contributed by atoms with van der Waals surface area (Å²) in [4.78, 5) is 31.3. The SMILES string of the molecule is O=C(NC1CCCC1)c1ccc2c(=O)n(CCc3ccccc3)c(SCc3ccc(Cl)cc3)nc2c1. The van der Waals surface area contributed by atoms with E-state index in [9.17, 15) is 9.59 Å². The van der Waals surface area contributed by atoms with Crippen LogP contribution in [0.4, 0.5) is 0 Å². The first-order valence-corrected chi connectivity index (χ1v) is 13.7. The molecule has 5 nitrogen and oxygen atoms in total. The van der Waals surface area contributed by atoms with Crippen molar-refractivity contribution < 1.29 is 4.79 Å². The summed E-state index contributed by atoms with van der Waals surface area (Å²) in [5.74, 6) is 0.552. The highest BCUT2D eigenvalue weighted by atomic mass is 35.5. The molecular formula is C29H28ClN3O2S. The second kappa shape index (κ2) is 11.3. The van der Waals surface area contributed by atoms with E-state index in [0.717, 1.165) is 43.2 Å². The number of nitrogens with one attached hydrogen (secondary N) is 1. The lowest BCUT2D eigenvalue weighted by Gasteiger charge is -2.15. The molecule has 1 amide bonds. The number of fused-ring (bicyclic) bond motifs is 1. The van der Waals surface area contributed by atoms with Gasteiger partial charge in [-0.3, -0.25) is 14.2 Å². The highest BCUT2D eigenvalue weighted by molar-refractivity contribution is 7.98. The van der Waals surface area contributed by atoms with E-state index < -0.39 is 0 Å². The topological polar surface area (TPSA) is 64.0 Å². The smallest absolute Gasteiger partial charge is 0.262 e. The second-order valence-corrected chi connectivity index (χ2v) is 10.6. The standard InChI is InChI=1S/C29H28ClN3O2S/c30-23-13-10-21(11-14-23)19-36-29-32-26-18-22(27(34)31-24-8-4-5-9-24)12-15-25(26)28(35)33(29)17-16-20-6-2-1-3-7-20/h1-3,6-7,10-15,18,24H,4-5,8-9,16-17,19H2,(H,31,34). The molecule has 36 heavy (non-hydrogen) atoms. The summed E-state index contributed by atoms with van der Waals surface area (Å²) in [5.41, 5.74) is 3.26. The van der Waals surface area contributed by atoms with Crippen molar-refractivity contribution in [3.05, 3.63) is 105 Å². The average Bonchev–Trinajstić information content (AvgIpc) is 3.41. The molecule has 1 aliphatic carbocycles. The second-order valence-electron chi connectivity index (χ2n) is 9.19. The number of benzene rings is 3. The fourth-order valence-corrected chi connectivity index (χ4v) is 5.71. The lowest BCUT2D eigenvalue weighted by molar-refractivity contribution is 0.0938. The highest BCUT2D eigenvalue weighted by Gasteiger charge is 2.19. The van der Waals surface area contributed by atoms with Gasteiger partial charge in [0.25, 0.3) is 11.5 Å². The molecule has 7 heteroatoms. The third-order valence-corrected chi connectivity index (χ3v) is 7.92. The molecule has 3 aromatic carbocycles. The molecule has 0 radical (unpaired) electrons. The largest absolute Gasteiger partial charge is 0.349 e. The summed E-state index contributed by atoms with van der Waals surface area (Å²) in [7, 11) is 0. The molecule has 5 rings (SSSR count). The van der Waals surface area contributed by atoms with Crippen LogP contribution in [-0.4, -0.2) is 21.5 Å². The van der Waals surface area contributed by atoms with Crippen molar-refractivity contribution >= 4 is 40.2 Å². The first kappa shape index (κ1) is 24.6. The highest BCUT2D eigenvalue weighted by Crippen LogP contribution is 2.24. The molecule has 1 heterocycles. The van der Waals surface area contributed by atoms with Gasteiger partial charge in [0, 0.05) is 28.9 Å². The van der Waals surface area contributed by atoms with Crippen LogP contribution in [-0.2, 0) is 18.7 Å². The molecule has 0 atom stereocenters. The van der Waals surface area contributed by atoms with Gasteiger partial charge in [-0.05, 0) is 60.7 Å². The van der Waals surface area contributed by atoms with Gasteiger partial charge in [-0.2, -0.15) is 0 Å². The first-order chi connectivity index (χ1) is 17.6. The molecule has 1 N–H and O–H groups in total. The molecule has 0 spiro atoms. The van der Waals surface area contributed by atoms with Gasteiger partial charge >= 0.3 is 0 Å². The number of hydrogen-bond donors (Lipinski definition) is 1. The number of rotatable bonds is 8. The van der Waals surface area contributed by atoms with Crippen LogP contribution in [0.1, 0.15) is 47.2 Å². The summed E-state index contributed by atoms with van der Waals surface area (Å²) in [6, 6.07) is 23.3. The van der Waals surface area contributed by atoms with Crippen molar-refractivity contribution in [1.29, 1.82) is 0 Å². The predicted molar refractivity (Wildman–Crippen MR) is 147 cm³/mol. The van der Waals surface area contributed by atoms with Crippen LogP contribution >= 0.6 is 23.4 Å². The van der Waals surface area contributed by atoms with E-state index in [0.29, 0.717) is 38.9 Å². The number of hydrogen-bond acceptors (Lipinski definition) is 4. The number of amides is 1. The molecule has 0 bridgehead atoms. The van der Waals surface area contributed by atoms with E-state index in [1.54, 1.807) is 22.8 Å². The van der Waals surface area contributed by atoms with Gasteiger partial charge < -0.3 is 5.32 Å². The van der Waals surface area contributed by atoms with Crippen molar-refractivity contribution in [2.24, 2.45) is 0 Å². The third-order valence-electron chi connectivity index (χ3n) is 6.62. The minimum absolute atomic E-state index is 0.0858. The fraction of sp³-hybridized carbons (Fsp3) is 0.276. The molecule has 1 fully saturated rings. The van der Waals surface area contributed by atoms with Crippen molar-refractivity contribution in [3.8, 4) is 0 Å². The molecule has 184 valence electrons. The van der Waals surface area contributed by atoms with Gasteiger partial charge in [0.2, 0.25) is 0 Å². The van der Waals surface area contributed by atoms with Gasteiger partial charge in [0.15, 0.2) is 5.16 Å². The molecule has 4 aromatic rings. The zero-order valence-corrected chi connectivity index (χ0v) is 21.5. The van der Waals surface area contributed by atoms with E-state index in [1.165, 1.54) is 11.8 Å². The Bertz CT molecular complexity index is 1410. The van der Waals surface area contributed by atoms with Crippen LogP contribution in [0.15, 0.2) is 82.7 Å². The number of aryl methyl sites for hydroxylation is 1. The maximum Gasteiger partial charge on any atom is 0.262 e. The Kier molecular flexibility index (Phi) is 7.73. The van der Waals surface area contributed by atoms with Crippen molar-refractivity contribution in [3.63, 3.8) is 0 Å². The number of nitrogens with zero attached hydrogens (tertiary/aromatic N) is 2. The molecular weight excluding hydrogens is 490 g/mol. The zero-order valence-electron chi connectivity index (χ0n) is 20.0. The number of aromatic nitrogens is 2. The third kappa shape index (κ3) is 5.82. The van der Waals surface area contributed by atoms with Gasteiger partial charge in [0.05, 0.1) is 10.9 Å². The molecule has 0 aliphatic heterocycles. The maximum absolute atomic E-state index is 13.6. The van der Waals surface area contributed by atoms with E-state index >= 15 is 0 Å². The Morgan fingerprint density at radius 1 is 1.00 bits per heavy atom. The van der Waals surface area contributed by atoms with Crippen LogP contribution in [0.25, 0.3) is 10.9 Å². The predicted octanol–water partition coefficient (Wildman–Crippen LogP) is 6.26. The van der Waals surface area contributed by atoms with E-state index in [1.807, 2.05) is 42.5 Å². The van der Waals surface area contributed by atoms with Crippen molar-refractivity contribution in [2.75, 3.05) is 0 Å². The Labute approximate surface area is 219 Å². The van der Waals surface area contributed by atoms with Crippen molar-refractivity contribution in [1.82, 2.24) is 14.9 Å². The monoisotopic (exact) mass is 517 g/mol. The number of halogens is 1. The van der Waals surface area contributed by atoms with Crippen LogP contribution < -0.4 is 10.9 Å². The summed E-state index contributed by atoms with van der Waals surface area (Å²) < 4.78 is 1.76. The van der Waals surface area contributed by atoms with Crippen LogP contribution in [0.3, 0.4) is 0 Å². The molecule has 0 unspecified atom stereocenters. The first-order valence-electron chi connectivity index (χ1n) is 12.3. The normalized spacial score (nSPS) is 13.8. The quantitative estimate of drug-likeness (QED) is 0.221. The van der Waals surface area contributed by atoms with Crippen LogP contribution in [0, 0.1) is 0 Å². The summed E-state index contributed by atoms with van der Waals surface area (Å²) in [6.45, 7) is 0.526. The van der Waals surface area contributed by atoms with Crippen molar-refractivity contribution in [2.45, 2.75) is 55.6 Å².